The van der Waals surface area contributed by atoms with Crippen LogP contribution in [-0.4, -0.2) is 25.7 Å². The first-order valence-corrected chi connectivity index (χ1v) is 6.81. The number of allylic oxidation sites excluding steroid dienone is 1. The van der Waals surface area contributed by atoms with E-state index in [0.29, 0.717) is 6.42 Å². The van der Waals surface area contributed by atoms with Gasteiger partial charge in [-0.2, -0.15) is 0 Å². The lowest BCUT2D eigenvalue weighted by atomic mass is 10.2. The highest BCUT2D eigenvalue weighted by atomic mass is 19.1. The lowest BCUT2D eigenvalue weighted by molar-refractivity contribution is -0.161. The van der Waals surface area contributed by atoms with Gasteiger partial charge in [-0.3, -0.25) is 0 Å². The van der Waals surface area contributed by atoms with Crippen LogP contribution in [0.2, 0.25) is 0 Å². The number of alkyl halides is 1. The molecule has 1 aliphatic rings. The van der Waals surface area contributed by atoms with Crippen LogP contribution in [0.5, 0.6) is 0 Å². The van der Waals surface area contributed by atoms with Crippen molar-refractivity contribution in [3.8, 4) is 0 Å². The maximum Gasteiger partial charge on any atom is 0.157 e. The van der Waals surface area contributed by atoms with E-state index in [0.717, 1.165) is 45.3 Å². The maximum absolute atomic E-state index is 12.5. The van der Waals surface area contributed by atoms with Gasteiger partial charge in [0.25, 0.3) is 0 Å². The van der Waals surface area contributed by atoms with Crippen molar-refractivity contribution in [3.05, 3.63) is 12.2 Å². The first-order valence-electron chi connectivity index (χ1n) is 6.81. The van der Waals surface area contributed by atoms with E-state index in [2.05, 4.69) is 12.2 Å². The molecule has 1 saturated heterocycles. The monoisotopic (exact) mass is 244 g/mol. The van der Waals surface area contributed by atoms with Crippen molar-refractivity contribution in [2.24, 2.45) is 0 Å². The third kappa shape index (κ3) is 8.33. The standard InChI is InChI=1S/C14H25FO2/c1-13(15)9-5-3-2-4-7-11-16-14-10-6-8-12-17-14/h2,4,13-14H,3,5-12H2,1H3/b4-2-. The third-order valence-corrected chi connectivity index (χ3v) is 2.87. The summed E-state index contributed by atoms with van der Waals surface area (Å²) in [5, 5.41) is 0. The molecule has 1 aliphatic heterocycles. The van der Waals surface area contributed by atoms with Crippen molar-refractivity contribution < 1.29 is 13.9 Å². The summed E-state index contributed by atoms with van der Waals surface area (Å²) in [5.41, 5.74) is 0. The molecule has 0 aromatic carbocycles. The maximum atomic E-state index is 12.5. The molecule has 0 bridgehead atoms. The summed E-state index contributed by atoms with van der Waals surface area (Å²) in [6.07, 6.45) is 10.5. The second kappa shape index (κ2) is 9.60. The minimum absolute atomic E-state index is 0.0181. The summed E-state index contributed by atoms with van der Waals surface area (Å²) >= 11 is 0. The molecule has 0 aromatic heterocycles. The Morgan fingerprint density at radius 3 is 2.88 bits per heavy atom. The van der Waals surface area contributed by atoms with Crippen molar-refractivity contribution in [2.75, 3.05) is 13.2 Å². The second-order valence-electron chi connectivity index (χ2n) is 4.64. The Hall–Kier alpha value is -0.410. The zero-order chi connectivity index (χ0) is 12.3. The number of hydrogen-bond acceptors (Lipinski definition) is 2. The third-order valence-electron chi connectivity index (χ3n) is 2.87. The van der Waals surface area contributed by atoms with E-state index >= 15 is 0 Å². The van der Waals surface area contributed by atoms with Gasteiger partial charge in [0.05, 0.1) is 12.8 Å². The van der Waals surface area contributed by atoms with Crippen molar-refractivity contribution in [1.29, 1.82) is 0 Å². The molecule has 1 rings (SSSR count). The Kier molecular flexibility index (Phi) is 8.28. The van der Waals surface area contributed by atoms with E-state index < -0.39 is 6.17 Å². The summed E-state index contributed by atoms with van der Waals surface area (Å²) in [7, 11) is 0. The molecule has 0 N–H and O–H groups in total. The van der Waals surface area contributed by atoms with Crippen LogP contribution in [-0.2, 0) is 9.47 Å². The Bertz CT molecular complexity index is 198. The number of hydrogen-bond donors (Lipinski definition) is 0. The molecule has 1 fully saturated rings. The molecule has 0 amide bonds. The van der Waals surface area contributed by atoms with Gasteiger partial charge in [0.2, 0.25) is 0 Å². The molecule has 0 saturated carbocycles. The largest absolute Gasteiger partial charge is 0.353 e. The van der Waals surface area contributed by atoms with Crippen LogP contribution in [0.15, 0.2) is 12.2 Å². The average Bonchev–Trinajstić information content (AvgIpc) is 2.33. The quantitative estimate of drug-likeness (QED) is 0.474. The zero-order valence-corrected chi connectivity index (χ0v) is 10.9. The first kappa shape index (κ1) is 14.7. The Morgan fingerprint density at radius 2 is 2.18 bits per heavy atom. The molecular formula is C14H25FO2. The van der Waals surface area contributed by atoms with Gasteiger partial charge in [-0.25, -0.2) is 4.39 Å². The minimum atomic E-state index is -0.671. The Morgan fingerprint density at radius 1 is 1.35 bits per heavy atom. The Balaban J connectivity index is 1.87. The highest BCUT2D eigenvalue weighted by Gasteiger charge is 2.12. The van der Waals surface area contributed by atoms with E-state index in [-0.39, 0.29) is 6.29 Å². The van der Waals surface area contributed by atoms with Crippen molar-refractivity contribution in [2.45, 2.75) is 64.3 Å². The topological polar surface area (TPSA) is 18.5 Å². The average molecular weight is 244 g/mol. The minimum Gasteiger partial charge on any atom is -0.353 e. The predicted molar refractivity (Wildman–Crippen MR) is 67.7 cm³/mol. The van der Waals surface area contributed by atoms with Crippen LogP contribution in [0.4, 0.5) is 4.39 Å². The highest BCUT2D eigenvalue weighted by molar-refractivity contribution is 4.81. The van der Waals surface area contributed by atoms with Crippen LogP contribution < -0.4 is 0 Å². The lowest BCUT2D eigenvalue weighted by Gasteiger charge is -2.22. The molecular weight excluding hydrogens is 219 g/mol. The van der Waals surface area contributed by atoms with E-state index in [1.807, 2.05) is 0 Å². The van der Waals surface area contributed by atoms with E-state index in [1.165, 1.54) is 6.42 Å². The SMILES string of the molecule is CC(F)CCC/C=C\CCOC1CCCCO1. The molecule has 0 aromatic rings. The normalized spacial score (nSPS) is 23.1. The molecule has 0 radical (unpaired) electrons. The summed E-state index contributed by atoms with van der Waals surface area (Å²) in [5.74, 6) is 0. The highest BCUT2D eigenvalue weighted by Crippen LogP contribution is 2.13. The van der Waals surface area contributed by atoms with Gasteiger partial charge in [-0.05, 0) is 51.9 Å². The Labute approximate surface area is 104 Å². The molecule has 1 heterocycles. The van der Waals surface area contributed by atoms with Gasteiger partial charge in [0.1, 0.15) is 0 Å². The number of unbranched alkanes of at least 4 members (excludes halogenated alkanes) is 1. The molecule has 100 valence electrons. The number of ether oxygens (including phenoxy) is 2. The van der Waals surface area contributed by atoms with Crippen LogP contribution in [0.1, 0.15) is 51.9 Å². The number of halogens is 1. The van der Waals surface area contributed by atoms with E-state index in [9.17, 15) is 4.39 Å². The van der Waals surface area contributed by atoms with Gasteiger partial charge in [0.15, 0.2) is 6.29 Å². The molecule has 0 aliphatic carbocycles. The molecule has 3 heteroatoms. The van der Waals surface area contributed by atoms with Gasteiger partial charge >= 0.3 is 0 Å². The fourth-order valence-electron chi connectivity index (χ4n) is 1.86. The van der Waals surface area contributed by atoms with Gasteiger partial charge in [0, 0.05) is 6.61 Å². The fourth-order valence-corrected chi connectivity index (χ4v) is 1.86. The van der Waals surface area contributed by atoms with Crippen molar-refractivity contribution >= 4 is 0 Å². The van der Waals surface area contributed by atoms with Crippen LogP contribution in [0.3, 0.4) is 0 Å². The van der Waals surface area contributed by atoms with Gasteiger partial charge < -0.3 is 9.47 Å². The second-order valence-corrected chi connectivity index (χ2v) is 4.64. The lowest BCUT2D eigenvalue weighted by Crippen LogP contribution is -2.22. The van der Waals surface area contributed by atoms with Crippen LogP contribution in [0, 0.1) is 0 Å². The van der Waals surface area contributed by atoms with Gasteiger partial charge in [-0.15, -0.1) is 0 Å². The van der Waals surface area contributed by atoms with Gasteiger partial charge in [-0.1, -0.05) is 12.2 Å². The summed E-state index contributed by atoms with van der Waals surface area (Å²) in [4.78, 5) is 0. The first-order chi connectivity index (χ1) is 8.29. The molecule has 2 atom stereocenters. The van der Waals surface area contributed by atoms with E-state index in [1.54, 1.807) is 6.92 Å². The summed E-state index contributed by atoms with van der Waals surface area (Å²) < 4.78 is 23.5. The fraction of sp³-hybridized carbons (Fsp3) is 0.857. The molecule has 2 unspecified atom stereocenters. The molecule has 2 nitrogen and oxygen atoms in total. The zero-order valence-electron chi connectivity index (χ0n) is 10.9. The molecule has 0 spiro atoms. The summed E-state index contributed by atoms with van der Waals surface area (Å²) in [6, 6.07) is 0. The van der Waals surface area contributed by atoms with Crippen LogP contribution in [0.25, 0.3) is 0 Å². The predicted octanol–water partition coefficient (Wildman–Crippen LogP) is 4.00. The number of rotatable bonds is 8. The van der Waals surface area contributed by atoms with Crippen molar-refractivity contribution in [3.63, 3.8) is 0 Å². The molecule has 17 heavy (non-hydrogen) atoms. The van der Waals surface area contributed by atoms with Crippen LogP contribution >= 0.6 is 0 Å². The van der Waals surface area contributed by atoms with E-state index in [4.69, 9.17) is 9.47 Å². The summed E-state index contributed by atoms with van der Waals surface area (Å²) in [6.45, 7) is 3.17. The van der Waals surface area contributed by atoms with Crippen molar-refractivity contribution in [1.82, 2.24) is 0 Å². The smallest absolute Gasteiger partial charge is 0.157 e.